The summed E-state index contributed by atoms with van der Waals surface area (Å²) >= 11 is 6.18. The van der Waals surface area contributed by atoms with Crippen LogP contribution in [0, 0.1) is 0 Å². The molecule has 5 nitrogen and oxygen atoms in total. The summed E-state index contributed by atoms with van der Waals surface area (Å²) in [5, 5.41) is 3.00. The number of fused-ring (bicyclic) bond motifs is 1. The molecular formula is C23H19ClN2O3S. The number of rotatable bonds is 4. The number of para-hydroxylation sites is 2. The monoisotopic (exact) mass is 438 g/mol. The third-order valence-corrected chi connectivity index (χ3v) is 7.17. The minimum Gasteiger partial charge on any atom is -0.320 e. The molecule has 0 spiro atoms. The molecule has 152 valence electrons. The van der Waals surface area contributed by atoms with Gasteiger partial charge in [0.2, 0.25) is 0 Å². The van der Waals surface area contributed by atoms with Crippen molar-refractivity contribution in [2.24, 2.45) is 0 Å². The van der Waals surface area contributed by atoms with Gasteiger partial charge in [0.15, 0.2) is 4.91 Å². The summed E-state index contributed by atoms with van der Waals surface area (Å²) in [4.78, 5) is 13.1. The van der Waals surface area contributed by atoms with Crippen LogP contribution in [0.15, 0.2) is 83.8 Å². The average Bonchev–Trinajstić information content (AvgIpc) is 2.74. The lowest BCUT2D eigenvalue weighted by Crippen LogP contribution is -2.39. The van der Waals surface area contributed by atoms with Gasteiger partial charge >= 0.3 is 0 Å². The number of carbonyl (C=O) groups is 1. The van der Waals surface area contributed by atoms with Crippen LogP contribution in [0.3, 0.4) is 0 Å². The van der Waals surface area contributed by atoms with E-state index in [1.807, 2.05) is 30.3 Å². The number of nitrogens with one attached hydrogen (secondary N) is 1. The van der Waals surface area contributed by atoms with Crippen molar-refractivity contribution in [3.05, 3.63) is 99.9 Å². The Labute approximate surface area is 180 Å². The minimum absolute atomic E-state index is 0.199. The largest absolute Gasteiger partial charge is 0.320 e. The second-order valence-electron chi connectivity index (χ2n) is 6.69. The van der Waals surface area contributed by atoms with Crippen molar-refractivity contribution in [1.82, 2.24) is 0 Å². The van der Waals surface area contributed by atoms with Crippen LogP contribution in [0.2, 0.25) is 5.02 Å². The zero-order valence-electron chi connectivity index (χ0n) is 16.2. The Hall–Kier alpha value is -3.09. The molecular weight excluding hydrogens is 420 g/mol. The minimum atomic E-state index is -4.10. The van der Waals surface area contributed by atoms with Gasteiger partial charge in [-0.2, -0.15) is 0 Å². The van der Waals surface area contributed by atoms with E-state index in [9.17, 15) is 13.2 Å². The Morgan fingerprint density at radius 3 is 2.27 bits per heavy atom. The number of benzene rings is 3. The fourth-order valence-corrected chi connectivity index (χ4v) is 5.53. The summed E-state index contributed by atoms with van der Waals surface area (Å²) in [6, 6.07) is 23.0. The highest BCUT2D eigenvalue weighted by Crippen LogP contribution is 2.42. The Balaban J connectivity index is 2.00. The molecule has 30 heavy (non-hydrogen) atoms. The molecule has 1 heterocycles. The number of anilines is 2. The lowest BCUT2D eigenvalue weighted by atomic mass is 9.95. The van der Waals surface area contributed by atoms with Crippen LogP contribution in [-0.4, -0.2) is 20.9 Å². The van der Waals surface area contributed by atoms with Gasteiger partial charge in [-0.15, -0.1) is 0 Å². The number of carbonyl (C=O) groups excluding carboxylic acids is 1. The van der Waals surface area contributed by atoms with E-state index in [0.29, 0.717) is 33.1 Å². The van der Waals surface area contributed by atoms with Crippen molar-refractivity contribution in [3.8, 4) is 0 Å². The van der Waals surface area contributed by atoms with E-state index in [4.69, 9.17) is 11.6 Å². The topological polar surface area (TPSA) is 66.5 Å². The second-order valence-corrected chi connectivity index (χ2v) is 8.90. The molecule has 0 aromatic heterocycles. The van der Waals surface area contributed by atoms with Crippen LogP contribution in [-0.2, 0) is 14.8 Å². The molecule has 0 atom stereocenters. The Bertz CT molecular complexity index is 1250. The highest BCUT2D eigenvalue weighted by atomic mass is 35.5. The van der Waals surface area contributed by atoms with E-state index in [1.165, 1.54) is 4.31 Å². The Morgan fingerprint density at radius 2 is 1.57 bits per heavy atom. The molecule has 0 saturated carbocycles. The maximum absolute atomic E-state index is 13.6. The molecule has 4 rings (SSSR count). The fourth-order valence-electron chi connectivity index (χ4n) is 3.60. The number of sulfonamides is 1. The van der Waals surface area contributed by atoms with Crippen LogP contribution < -0.4 is 9.62 Å². The smallest absolute Gasteiger partial charge is 0.270 e. The fraction of sp³-hybridized carbons (Fsp3) is 0.0870. The number of amides is 1. The molecule has 1 aliphatic rings. The van der Waals surface area contributed by atoms with Crippen LogP contribution in [0.1, 0.15) is 18.1 Å². The van der Waals surface area contributed by atoms with Crippen LogP contribution in [0.5, 0.6) is 0 Å². The van der Waals surface area contributed by atoms with Crippen molar-refractivity contribution in [1.29, 1.82) is 0 Å². The maximum atomic E-state index is 13.6. The van der Waals surface area contributed by atoms with Crippen molar-refractivity contribution >= 4 is 44.5 Å². The number of hydrogen-bond acceptors (Lipinski definition) is 3. The lowest BCUT2D eigenvalue weighted by molar-refractivity contribution is -0.112. The van der Waals surface area contributed by atoms with Gasteiger partial charge in [0.1, 0.15) is 0 Å². The van der Waals surface area contributed by atoms with E-state index >= 15 is 0 Å². The summed E-state index contributed by atoms with van der Waals surface area (Å²) in [6.45, 7) is 1.94. The molecule has 1 aliphatic heterocycles. The van der Waals surface area contributed by atoms with Gasteiger partial charge in [-0.1, -0.05) is 72.3 Å². The summed E-state index contributed by atoms with van der Waals surface area (Å²) in [6.07, 6.45) is 0. The highest BCUT2D eigenvalue weighted by Gasteiger charge is 2.40. The molecule has 0 aliphatic carbocycles. The first-order chi connectivity index (χ1) is 14.4. The van der Waals surface area contributed by atoms with Crippen LogP contribution in [0.25, 0.3) is 5.57 Å². The zero-order valence-corrected chi connectivity index (χ0v) is 17.7. The third-order valence-electron chi connectivity index (χ3n) is 4.90. The normalized spacial score (nSPS) is 14.9. The van der Waals surface area contributed by atoms with E-state index in [2.05, 4.69) is 5.32 Å². The van der Waals surface area contributed by atoms with Gasteiger partial charge < -0.3 is 5.32 Å². The summed E-state index contributed by atoms with van der Waals surface area (Å²) in [7, 11) is -4.10. The standard InChI is InChI=1S/C23H19ClN2O3S/c1-2-26-20-15-9-6-12-17(20)21(16-10-4-3-5-11-16)22(30(26,28)29)23(27)25-19-14-8-7-13-18(19)24/h3-15H,2H2,1H3,(H,25,27). The van der Waals surface area contributed by atoms with Gasteiger partial charge in [-0.3, -0.25) is 9.10 Å². The Kier molecular flexibility index (Phi) is 5.37. The van der Waals surface area contributed by atoms with E-state index < -0.39 is 15.9 Å². The van der Waals surface area contributed by atoms with Crippen LogP contribution in [0.4, 0.5) is 11.4 Å². The van der Waals surface area contributed by atoms with E-state index in [1.54, 1.807) is 55.5 Å². The molecule has 0 saturated heterocycles. The molecule has 0 bridgehead atoms. The molecule has 0 unspecified atom stereocenters. The van der Waals surface area contributed by atoms with E-state index in [-0.39, 0.29) is 11.4 Å². The predicted molar refractivity (Wildman–Crippen MR) is 121 cm³/mol. The SMILES string of the molecule is CCN1c2ccccc2C(c2ccccc2)=C(C(=O)Nc2ccccc2Cl)S1(=O)=O. The maximum Gasteiger partial charge on any atom is 0.270 e. The van der Waals surface area contributed by atoms with Crippen molar-refractivity contribution < 1.29 is 13.2 Å². The zero-order chi connectivity index (χ0) is 21.3. The van der Waals surface area contributed by atoms with Crippen molar-refractivity contribution in [2.75, 3.05) is 16.2 Å². The molecule has 3 aromatic carbocycles. The third kappa shape index (κ3) is 3.38. The van der Waals surface area contributed by atoms with Crippen molar-refractivity contribution in [3.63, 3.8) is 0 Å². The molecule has 0 fully saturated rings. The lowest BCUT2D eigenvalue weighted by Gasteiger charge is -2.32. The molecule has 3 aromatic rings. The highest BCUT2D eigenvalue weighted by molar-refractivity contribution is 7.97. The van der Waals surface area contributed by atoms with E-state index in [0.717, 1.165) is 0 Å². The first kappa shape index (κ1) is 20.2. The van der Waals surface area contributed by atoms with Gasteiger partial charge in [0.05, 0.1) is 16.4 Å². The summed E-state index contributed by atoms with van der Waals surface area (Å²) < 4.78 is 28.4. The van der Waals surface area contributed by atoms with Gasteiger partial charge in [0, 0.05) is 17.7 Å². The second kappa shape index (κ2) is 7.97. The molecule has 1 N–H and O–H groups in total. The number of nitrogens with zero attached hydrogens (tertiary/aromatic N) is 1. The molecule has 1 amide bonds. The number of halogens is 1. The molecule has 0 radical (unpaired) electrons. The quantitative estimate of drug-likeness (QED) is 0.629. The molecule has 7 heteroatoms. The summed E-state index contributed by atoms with van der Waals surface area (Å²) in [5.41, 5.74) is 2.60. The predicted octanol–water partition coefficient (Wildman–Crippen LogP) is 4.91. The first-order valence-corrected chi connectivity index (χ1v) is 11.2. The van der Waals surface area contributed by atoms with Crippen molar-refractivity contribution in [2.45, 2.75) is 6.92 Å². The van der Waals surface area contributed by atoms with Gasteiger partial charge in [-0.25, -0.2) is 8.42 Å². The first-order valence-electron chi connectivity index (χ1n) is 9.43. The Morgan fingerprint density at radius 1 is 0.933 bits per heavy atom. The van der Waals surface area contributed by atoms with Gasteiger partial charge in [0.25, 0.3) is 15.9 Å². The van der Waals surface area contributed by atoms with Crippen LogP contribution >= 0.6 is 11.6 Å². The average molecular weight is 439 g/mol. The van der Waals surface area contributed by atoms with Gasteiger partial charge in [-0.05, 0) is 30.7 Å². The summed E-state index contributed by atoms with van der Waals surface area (Å²) in [5.74, 6) is -0.727. The number of hydrogen-bond donors (Lipinski definition) is 1.